The maximum Gasteiger partial charge on any atom is 0.406 e. The van der Waals surface area contributed by atoms with Gasteiger partial charge in [0.15, 0.2) is 0 Å². The molecule has 2 amide bonds. The molecule has 2 fully saturated rings. The number of rotatable bonds is 4. The first-order chi connectivity index (χ1) is 11.8. The van der Waals surface area contributed by atoms with Crippen molar-refractivity contribution < 1.29 is 22.8 Å². The normalized spacial score (nSPS) is 23.7. The average Bonchev–Trinajstić information content (AvgIpc) is 3.17. The second kappa shape index (κ2) is 8.26. The zero-order chi connectivity index (χ0) is 18.0. The highest BCUT2D eigenvalue weighted by atomic mass is 35.5. The van der Waals surface area contributed by atoms with Crippen LogP contribution in [-0.4, -0.2) is 64.9 Å². The van der Waals surface area contributed by atoms with Crippen LogP contribution in [0.3, 0.4) is 0 Å². The number of piperidine rings is 1. The van der Waals surface area contributed by atoms with Gasteiger partial charge in [-0.2, -0.15) is 18.3 Å². The molecule has 2 unspecified atom stereocenters. The van der Waals surface area contributed by atoms with Crippen LogP contribution in [0.1, 0.15) is 35.8 Å². The Morgan fingerprint density at radius 1 is 1.38 bits per heavy atom. The smallest absolute Gasteiger partial charge is 0.339 e. The Hall–Kier alpha value is -1.81. The van der Waals surface area contributed by atoms with Crippen LogP contribution in [-0.2, 0) is 4.79 Å². The number of carbonyl (C=O) groups is 2. The predicted octanol–water partition coefficient (Wildman–Crippen LogP) is 1.12. The molecule has 2 N–H and O–H groups in total. The summed E-state index contributed by atoms with van der Waals surface area (Å²) in [6.07, 6.45) is -0.588. The third-order valence-corrected chi connectivity index (χ3v) is 4.46. The number of hydrogen-bond donors (Lipinski definition) is 2. The molecule has 1 aromatic heterocycles. The Morgan fingerprint density at radius 2 is 2.15 bits per heavy atom. The molecule has 146 valence electrons. The van der Waals surface area contributed by atoms with Crippen LogP contribution in [0.25, 0.3) is 0 Å². The van der Waals surface area contributed by atoms with E-state index in [-0.39, 0.29) is 37.1 Å². The number of amides is 2. The summed E-state index contributed by atoms with van der Waals surface area (Å²) in [4.78, 5) is 24.9. The van der Waals surface area contributed by atoms with Gasteiger partial charge in [0, 0.05) is 19.3 Å². The molecule has 3 heterocycles. The Kier molecular flexibility index (Phi) is 6.51. The van der Waals surface area contributed by atoms with E-state index in [0.29, 0.717) is 0 Å². The first kappa shape index (κ1) is 20.5. The molecule has 11 heteroatoms. The van der Waals surface area contributed by atoms with E-state index >= 15 is 0 Å². The topological polar surface area (TPSA) is 79.3 Å². The van der Waals surface area contributed by atoms with E-state index in [4.69, 9.17) is 0 Å². The first-order valence-electron chi connectivity index (χ1n) is 8.26. The molecule has 26 heavy (non-hydrogen) atoms. The monoisotopic (exact) mass is 395 g/mol. The summed E-state index contributed by atoms with van der Waals surface area (Å²) < 4.78 is 39.0. The first-order valence-corrected chi connectivity index (χ1v) is 8.26. The quantitative estimate of drug-likeness (QED) is 0.801. The van der Waals surface area contributed by atoms with Crippen molar-refractivity contribution in [1.29, 1.82) is 0 Å². The number of hydrogen-bond acceptors (Lipinski definition) is 4. The second-order valence-electron chi connectivity index (χ2n) is 6.37. The van der Waals surface area contributed by atoms with Crippen LogP contribution >= 0.6 is 12.4 Å². The van der Waals surface area contributed by atoms with Gasteiger partial charge in [-0.1, -0.05) is 0 Å². The third-order valence-electron chi connectivity index (χ3n) is 4.46. The molecular weight excluding hydrogens is 375 g/mol. The van der Waals surface area contributed by atoms with E-state index in [0.717, 1.165) is 30.8 Å². The second-order valence-corrected chi connectivity index (χ2v) is 6.37. The molecule has 2 atom stereocenters. The van der Waals surface area contributed by atoms with Crippen LogP contribution in [0.5, 0.6) is 0 Å². The summed E-state index contributed by atoms with van der Waals surface area (Å²) in [5.74, 6) is -1.25. The van der Waals surface area contributed by atoms with Gasteiger partial charge in [0.1, 0.15) is 18.3 Å². The SMILES string of the molecule is Cl.O=C(NC1CCN(CC(F)(F)F)C1=O)c1ccn(C2CCCNC2)n1. The predicted molar refractivity (Wildman–Crippen MR) is 89.1 cm³/mol. The number of aromatic nitrogens is 2. The Balaban J connectivity index is 0.00000243. The molecule has 0 spiro atoms. The fourth-order valence-corrected chi connectivity index (χ4v) is 3.20. The molecule has 0 radical (unpaired) electrons. The molecule has 3 rings (SSSR count). The minimum atomic E-state index is -4.44. The Labute approximate surface area is 154 Å². The van der Waals surface area contributed by atoms with Crippen LogP contribution < -0.4 is 10.6 Å². The number of likely N-dealkylation sites (tertiary alicyclic amines) is 1. The number of carbonyl (C=O) groups excluding carboxylic acids is 2. The van der Waals surface area contributed by atoms with Crippen molar-refractivity contribution in [1.82, 2.24) is 25.3 Å². The lowest BCUT2D eigenvalue weighted by Gasteiger charge is -2.22. The third kappa shape index (κ3) is 4.88. The van der Waals surface area contributed by atoms with E-state index in [1.165, 1.54) is 0 Å². The summed E-state index contributed by atoms with van der Waals surface area (Å²) in [5.41, 5.74) is 0.160. The van der Waals surface area contributed by atoms with Crippen LogP contribution in [0, 0.1) is 0 Å². The van der Waals surface area contributed by atoms with Crippen LogP contribution in [0.15, 0.2) is 12.3 Å². The van der Waals surface area contributed by atoms with E-state index in [1.54, 1.807) is 16.9 Å². The lowest BCUT2D eigenvalue weighted by molar-refractivity contribution is -0.157. The molecule has 1 aromatic rings. The molecule has 7 nitrogen and oxygen atoms in total. The van der Waals surface area contributed by atoms with Crippen molar-refractivity contribution in [2.45, 2.75) is 37.5 Å². The molecule has 0 bridgehead atoms. The Bertz CT molecular complexity index is 645. The maximum atomic E-state index is 12.4. The number of halogens is 4. The van der Waals surface area contributed by atoms with E-state index in [9.17, 15) is 22.8 Å². The lowest BCUT2D eigenvalue weighted by Crippen LogP contribution is -2.44. The fourth-order valence-electron chi connectivity index (χ4n) is 3.20. The van der Waals surface area contributed by atoms with Crippen molar-refractivity contribution in [2.75, 3.05) is 26.2 Å². The summed E-state index contributed by atoms with van der Waals surface area (Å²) in [6, 6.07) is 0.790. The molecule has 2 saturated heterocycles. The highest BCUT2D eigenvalue weighted by Gasteiger charge is 2.40. The lowest BCUT2D eigenvalue weighted by atomic mass is 10.1. The van der Waals surface area contributed by atoms with Crippen molar-refractivity contribution in [3.8, 4) is 0 Å². The van der Waals surface area contributed by atoms with Crippen LogP contribution in [0.4, 0.5) is 13.2 Å². The molecule has 0 aromatic carbocycles. The van der Waals surface area contributed by atoms with E-state index in [2.05, 4.69) is 15.7 Å². The van der Waals surface area contributed by atoms with Gasteiger partial charge in [-0.05, 0) is 31.9 Å². The van der Waals surface area contributed by atoms with Crippen molar-refractivity contribution in [2.24, 2.45) is 0 Å². The summed E-state index contributed by atoms with van der Waals surface area (Å²) in [5, 5.41) is 9.98. The van der Waals surface area contributed by atoms with Gasteiger partial charge in [0.2, 0.25) is 5.91 Å². The van der Waals surface area contributed by atoms with Crippen LogP contribution in [0.2, 0.25) is 0 Å². The zero-order valence-electron chi connectivity index (χ0n) is 14.0. The van der Waals surface area contributed by atoms with Crippen molar-refractivity contribution >= 4 is 24.2 Å². The summed E-state index contributed by atoms with van der Waals surface area (Å²) in [7, 11) is 0. The minimum Gasteiger partial charge on any atom is -0.339 e. The highest BCUT2D eigenvalue weighted by molar-refractivity contribution is 5.96. The number of alkyl halides is 3. The zero-order valence-corrected chi connectivity index (χ0v) is 14.8. The summed E-state index contributed by atoms with van der Waals surface area (Å²) >= 11 is 0. The highest BCUT2D eigenvalue weighted by Crippen LogP contribution is 2.21. The van der Waals surface area contributed by atoms with E-state index in [1.807, 2.05) is 0 Å². The van der Waals surface area contributed by atoms with Crippen molar-refractivity contribution in [3.05, 3.63) is 18.0 Å². The van der Waals surface area contributed by atoms with Gasteiger partial charge in [-0.15, -0.1) is 12.4 Å². The standard InChI is InChI=1S/C15H20F3N5O2.ClH/c16-15(17,18)9-22-6-3-12(14(22)25)20-13(24)11-4-7-23(21-11)10-2-1-5-19-8-10;/h4,7,10,12,19H,1-3,5-6,8-9H2,(H,20,24);1H. The average molecular weight is 396 g/mol. The molecule has 0 aliphatic carbocycles. The molecule has 0 saturated carbocycles. The Morgan fingerprint density at radius 3 is 2.81 bits per heavy atom. The van der Waals surface area contributed by atoms with Gasteiger partial charge < -0.3 is 15.5 Å². The van der Waals surface area contributed by atoms with Gasteiger partial charge in [0.25, 0.3) is 5.91 Å². The maximum absolute atomic E-state index is 12.4. The number of nitrogens with zero attached hydrogens (tertiary/aromatic N) is 3. The molecule has 2 aliphatic heterocycles. The van der Waals surface area contributed by atoms with Gasteiger partial charge in [-0.3, -0.25) is 14.3 Å². The molecular formula is C15H21ClF3N5O2. The van der Waals surface area contributed by atoms with Gasteiger partial charge >= 0.3 is 6.18 Å². The number of nitrogens with one attached hydrogen (secondary N) is 2. The summed E-state index contributed by atoms with van der Waals surface area (Å²) in [6.45, 7) is 0.423. The van der Waals surface area contributed by atoms with Gasteiger partial charge in [0.05, 0.1) is 6.04 Å². The minimum absolute atomic E-state index is 0. The molecule has 2 aliphatic rings. The largest absolute Gasteiger partial charge is 0.406 e. The van der Waals surface area contributed by atoms with E-state index < -0.39 is 30.6 Å². The fraction of sp³-hybridized carbons (Fsp3) is 0.667. The van der Waals surface area contributed by atoms with Crippen molar-refractivity contribution in [3.63, 3.8) is 0 Å². The van der Waals surface area contributed by atoms with Gasteiger partial charge in [-0.25, -0.2) is 0 Å².